The van der Waals surface area contributed by atoms with Crippen molar-refractivity contribution in [2.24, 2.45) is 0 Å². The molecule has 1 saturated heterocycles. The molecule has 3 aromatic rings. The summed E-state index contributed by atoms with van der Waals surface area (Å²) < 4.78 is 11.0. The average Bonchev–Trinajstić information content (AvgIpc) is 3.16. The highest BCUT2D eigenvalue weighted by atomic mass is 16.5. The van der Waals surface area contributed by atoms with Crippen molar-refractivity contribution in [1.82, 2.24) is 10.2 Å². The number of hydrogen-bond donors (Lipinski definition) is 1. The zero-order valence-corrected chi connectivity index (χ0v) is 18.1. The summed E-state index contributed by atoms with van der Waals surface area (Å²) in [6, 6.07) is 14.2. The average molecular weight is 421 g/mol. The molecule has 4 rings (SSSR count). The Balaban J connectivity index is 1.76. The number of amides is 2. The summed E-state index contributed by atoms with van der Waals surface area (Å²) >= 11 is 0. The molecular weight excluding hydrogens is 394 g/mol. The van der Waals surface area contributed by atoms with E-state index in [-0.39, 0.29) is 12.0 Å². The van der Waals surface area contributed by atoms with E-state index in [9.17, 15) is 9.59 Å². The van der Waals surface area contributed by atoms with E-state index in [0.29, 0.717) is 43.9 Å². The minimum Gasteiger partial charge on any atom is -0.453 e. The number of nitrogens with zero attached hydrogens (tertiary/aromatic N) is 2. The highest BCUT2D eigenvalue weighted by Gasteiger charge is 2.27. The molecule has 31 heavy (non-hydrogen) atoms. The van der Waals surface area contributed by atoms with Crippen LogP contribution in [0.25, 0.3) is 11.0 Å². The van der Waals surface area contributed by atoms with Gasteiger partial charge in [-0.1, -0.05) is 30.3 Å². The lowest BCUT2D eigenvalue weighted by molar-refractivity contribution is 0.0936. The van der Waals surface area contributed by atoms with Gasteiger partial charge >= 0.3 is 6.09 Å². The van der Waals surface area contributed by atoms with Crippen LogP contribution in [0, 0.1) is 6.92 Å². The number of piperazine rings is 1. The molecule has 0 radical (unpaired) electrons. The Hall–Kier alpha value is -3.48. The number of ether oxygens (including phenoxy) is 1. The van der Waals surface area contributed by atoms with E-state index in [1.807, 2.05) is 25.1 Å². The zero-order valence-electron chi connectivity index (χ0n) is 18.1. The molecule has 1 aromatic heterocycles. The van der Waals surface area contributed by atoms with Crippen molar-refractivity contribution < 1.29 is 18.7 Å². The van der Waals surface area contributed by atoms with Crippen LogP contribution in [0.2, 0.25) is 0 Å². The van der Waals surface area contributed by atoms with E-state index in [4.69, 9.17) is 9.15 Å². The van der Waals surface area contributed by atoms with Crippen LogP contribution in [0.4, 0.5) is 10.5 Å². The number of methoxy groups -OCH3 is 1. The minimum atomic E-state index is -0.306. The molecule has 1 aliphatic heterocycles. The number of nitrogens with one attached hydrogen (secondary N) is 1. The summed E-state index contributed by atoms with van der Waals surface area (Å²) in [5.41, 5.74) is 4.76. The molecule has 7 heteroatoms. The van der Waals surface area contributed by atoms with E-state index < -0.39 is 0 Å². The van der Waals surface area contributed by atoms with E-state index in [0.717, 1.165) is 27.8 Å². The number of furan rings is 1. The second-order valence-corrected chi connectivity index (χ2v) is 7.76. The number of rotatable bonds is 4. The van der Waals surface area contributed by atoms with Crippen LogP contribution in [0.1, 0.15) is 27.2 Å². The van der Waals surface area contributed by atoms with Crippen molar-refractivity contribution in [1.29, 1.82) is 0 Å². The van der Waals surface area contributed by atoms with Crippen molar-refractivity contribution in [3.05, 3.63) is 64.9 Å². The summed E-state index contributed by atoms with van der Waals surface area (Å²) in [6.07, 6.45) is 0.300. The van der Waals surface area contributed by atoms with Crippen LogP contribution < -0.4 is 10.2 Å². The van der Waals surface area contributed by atoms with E-state index >= 15 is 0 Å². The number of aryl methyl sites for hydroxylation is 1. The molecule has 0 unspecified atom stereocenters. The predicted octanol–water partition coefficient (Wildman–Crippen LogP) is 3.58. The van der Waals surface area contributed by atoms with Gasteiger partial charge in [-0.05, 0) is 30.2 Å². The van der Waals surface area contributed by atoms with Crippen LogP contribution in [-0.4, -0.2) is 57.2 Å². The molecule has 0 atom stereocenters. The Morgan fingerprint density at radius 3 is 2.45 bits per heavy atom. The van der Waals surface area contributed by atoms with Crippen LogP contribution in [0.15, 0.2) is 46.9 Å². The summed E-state index contributed by atoms with van der Waals surface area (Å²) in [4.78, 5) is 28.4. The number of anilines is 1. The summed E-state index contributed by atoms with van der Waals surface area (Å²) in [7, 11) is 3.01. The predicted molar refractivity (Wildman–Crippen MR) is 120 cm³/mol. The minimum absolute atomic E-state index is 0.235. The van der Waals surface area contributed by atoms with Crippen molar-refractivity contribution >= 4 is 28.7 Å². The van der Waals surface area contributed by atoms with Crippen LogP contribution >= 0.6 is 0 Å². The Bertz CT molecular complexity index is 1100. The molecular formula is C24H27N3O4. The lowest BCUT2D eigenvalue weighted by atomic mass is 9.99. The van der Waals surface area contributed by atoms with Gasteiger partial charge in [-0.25, -0.2) is 4.79 Å². The molecule has 0 aliphatic carbocycles. The molecule has 1 fully saturated rings. The van der Waals surface area contributed by atoms with Crippen LogP contribution in [-0.2, 0) is 11.2 Å². The molecule has 162 valence electrons. The smallest absolute Gasteiger partial charge is 0.409 e. The fraction of sp³-hybridized carbons (Fsp3) is 0.333. The van der Waals surface area contributed by atoms with Gasteiger partial charge in [0, 0.05) is 50.6 Å². The monoisotopic (exact) mass is 421 g/mol. The summed E-state index contributed by atoms with van der Waals surface area (Å²) in [6.45, 7) is 4.52. The molecule has 1 N–H and O–H groups in total. The Morgan fingerprint density at radius 1 is 1.10 bits per heavy atom. The fourth-order valence-electron chi connectivity index (χ4n) is 4.14. The number of benzene rings is 2. The third-order valence-corrected chi connectivity index (χ3v) is 5.73. The van der Waals surface area contributed by atoms with E-state index in [1.54, 1.807) is 11.9 Å². The van der Waals surface area contributed by atoms with Gasteiger partial charge < -0.3 is 24.3 Å². The van der Waals surface area contributed by atoms with E-state index in [2.05, 4.69) is 34.5 Å². The maximum absolute atomic E-state index is 12.6. The quantitative estimate of drug-likeness (QED) is 0.697. The molecule has 0 saturated carbocycles. The number of fused-ring (bicyclic) bond motifs is 1. The van der Waals surface area contributed by atoms with Gasteiger partial charge in [-0.2, -0.15) is 0 Å². The molecule has 1 aliphatic rings. The van der Waals surface area contributed by atoms with Crippen molar-refractivity contribution in [2.75, 3.05) is 45.2 Å². The van der Waals surface area contributed by atoms with Gasteiger partial charge in [0.25, 0.3) is 5.91 Å². The van der Waals surface area contributed by atoms with Crippen LogP contribution in [0.5, 0.6) is 0 Å². The van der Waals surface area contributed by atoms with Gasteiger partial charge in [0.1, 0.15) is 0 Å². The SMILES string of the molecule is CNC(=O)c1oc2c(N3CCN(C(=O)OC)CC3)cc(C)cc2c1Cc1ccccc1. The highest BCUT2D eigenvalue weighted by Crippen LogP contribution is 2.36. The summed E-state index contributed by atoms with van der Waals surface area (Å²) in [5.74, 6) is 0.114. The molecule has 2 amide bonds. The fourth-order valence-corrected chi connectivity index (χ4v) is 4.14. The Morgan fingerprint density at radius 2 is 1.81 bits per heavy atom. The second-order valence-electron chi connectivity index (χ2n) is 7.76. The molecule has 0 spiro atoms. The summed E-state index contributed by atoms with van der Waals surface area (Å²) in [5, 5.41) is 3.65. The highest BCUT2D eigenvalue weighted by molar-refractivity contribution is 6.02. The molecule has 2 heterocycles. The van der Waals surface area contributed by atoms with Gasteiger partial charge in [0.05, 0.1) is 12.8 Å². The van der Waals surface area contributed by atoms with Crippen molar-refractivity contribution in [3.8, 4) is 0 Å². The zero-order chi connectivity index (χ0) is 22.0. The Labute approximate surface area is 181 Å². The molecule has 7 nitrogen and oxygen atoms in total. The number of hydrogen-bond acceptors (Lipinski definition) is 5. The first-order valence-corrected chi connectivity index (χ1v) is 10.4. The largest absolute Gasteiger partial charge is 0.453 e. The van der Waals surface area contributed by atoms with Gasteiger partial charge in [-0.15, -0.1) is 0 Å². The maximum atomic E-state index is 12.6. The first-order chi connectivity index (χ1) is 15.0. The standard InChI is InChI=1S/C24H27N3O4/c1-16-13-18-19(15-17-7-5-4-6-8-17)22(23(28)25-2)31-21(18)20(14-16)26-9-11-27(12-10-26)24(29)30-3/h4-8,13-14H,9-12,15H2,1-3H3,(H,25,28). The normalized spacial score (nSPS) is 14.0. The Kier molecular flexibility index (Phi) is 5.84. The van der Waals surface area contributed by atoms with Gasteiger partial charge in [0.2, 0.25) is 0 Å². The maximum Gasteiger partial charge on any atom is 0.409 e. The van der Waals surface area contributed by atoms with Crippen molar-refractivity contribution in [2.45, 2.75) is 13.3 Å². The first kappa shape index (κ1) is 20.8. The topological polar surface area (TPSA) is 75.0 Å². The second kappa shape index (κ2) is 8.71. The number of carbonyl (C=O) groups excluding carboxylic acids is 2. The first-order valence-electron chi connectivity index (χ1n) is 10.4. The van der Waals surface area contributed by atoms with Gasteiger partial charge in [0.15, 0.2) is 11.3 Å². The van der Waals surface area contributed by atoms with Crippen LogP contribution in [0.3, 0.4) is 0 Å². The third kappa shape index (κ3) is 4.08. The third-order valence-electron chi connectivity index (χ3n) is 5.73. The van der Waals surface area contributed by atoms with Crippen molar-refractivity contribution in [3.63, 3.8) is 0 Å². The number of carbonyl (C=O) groups is 2. The van der Waals surface area contributed by atoms with E-state index in [1.165, 1.54) is 7.11 Å². The lowest BCUT2D eigenvalue weighted by Gasteiger charge is -2.35. The molecule has 0 bridgehead atoms. The molecule has 2 aromatic carbocycles. The van der Waals surface area contributed by atoms with Gasteiger partial charge in [-0.3, -0.25) is 4.79 Å². The lowest BCUT2D eigenvalue weighted by Crippen LogP contribution is -2.48.